The Morgan fingerprint density at radius 1 is 1.20 bits per heavy atom. The van der Waals surface area contributed by atoms with Crippen LogP contribution in [0, 0.1) is 10.1 Å². The van der Waals surface area contributed by atoms with E-state index in [1.807, 2.05) is 54.6 Å². The average Bonchev–Trinajstić information content (AvgIpc) is 2.47. The average molecular weight is 289 g/mol. The zero-order valence-corrected chi connectivity index (χ0v) is 11.9. The Balaban J connectivity index is 2.24. The van der Waals surface area contributed by atoms with E-state index >= 15 is 0 Å². The van der Waals surface area contributed by atoms with E-state index in [0.29, 0.717) is 5.75 Å². The number of ether oxygens (including phenoxy) is 1. The van der Waals surface area contributed by atoms with Crippen LogP contribution in [-0.2, 0) is 0 Å². The van der Waals surface area contributed by atoms with E-state index in [4.69, 9.17) is 4.74 Å². The first-order chi connectivity index (χ1) is 9.69. The van der Waals surface area contributed by atoms with Crippen molar-refractivity contribution in [3.8, 4) is 5.75 Å². The summed E-state index contributed by atoms with van der Waals surface area (Å²) in [5.41, 5.74) is 0.898. The molecule has 0 bridgehead atoms. The van der Waals surface area contributed by atoms with Gasteiger partial charge in [0, 0.05) is 9.82 Å². The molecule has 1 atom stereocenters. The molecule has 2 aromatic rings. The normalized spacial score (nSPS) is 11.8. The highest BCUT2D eigenvalue weighted by Crippen LogP contribution is 2.36. The van der Waals surface area contributed by atoms with Gasteiger partial charge in [-0.15, -0.1) is 11.8 Å². The highest BCUT2D eigenvalue weighted by molar-refractivity contribution is 7.99. The minimum absolute atomic E-state index is 0.118. The van der Waals surface area contributed by atoms with Gasteiger partial charge in [0.25, 0.3) is 0 Å². The zero-order chi connectivity index (χ0) is 14.4. The molecule has 5 heteroatoms. The van der Waals surface area contributed by atoms with Gasteiger partial charge >= 0.3 is 0 Å². The zero-order valence-electron chi connectivity index (χ0n) is 11.1. The third kappa shape index (κ3) is 3.99. The van der Waals surface area contributed by atoms with Crippen LogP contribution in [0.3, 0.4) is 0 Å². The predicted octanol–water partition coefficient (Wildman–Crippen LogP) is 3.81. The Labute approximate surface area is 121 Å². The number of thioether (sulfide) groups is 1. The van der Waals surface area contributed by atoms with Gasteiger partial charge in [-0.3, -0.25) is 10.1 Å². The van der Waals surface area contributed by atoms with Crippen LogP contribution >= 0.6 is 11.8 Å². The van der Waals surface area contributed by atoms with E-state index < -0.39 is 0 Å². The number of nitro groups is 1. The van der Waals surface area contributed by atoms with Crippen molar-refractivity contribution in [3.63, 3.8) is 0 Å². The molecule has 0 fully saturated rings. The maximum Gasteiger partial charge on any atom is 0.220 e. The standard InChI is InChI=1S/C15H15NO3S/c1-19-13-7-5-6-12(10-13)15(11-16(17)18)20-14-8-3-2-4-9-14/h2-10,15H,11H2,1H3. The van der Waals surface area contributed by atoms with Gasteiger partial charge in [-0.05, 0) is 29.8 Å². The van der Waals surface area contributed by atoms with Crippen LogP contribution in [0.25, 0.3) is 0 Å². The summed E-state index contributed by atoms with van der Waals surface area (Å²) in [5.74, 6) is 0.713. The first-order valence-electron chi connectivity index (χ1n) is 6.16. The third-order valence-electron chi connectivity index (χ3n) is 2.80. The Hall–Kier alpha value is -2.01. The lowest BCUT2D eigenvalue weighted by atomic mass is 10.1. The van der Waals surface area contributed by atoms with Gasteiger partial charge in [0.2, 0.25) is 6.54 Å². The Bertz CT molecular complexity index is 574. The number of hydrogen-bond donors (Lipinski definition) is 0. The van der Waals surface area contributed by atoms with Crippen molar-refractivity contribution in [1.82, 2.24) is 0 Å². The molecule has 0 aliphatic carbocycles. The summed E-state index contributed by atoms with van der Waals surface area (Å²) in [6, 6.07) is 17.1. The van der Waals surface area contributed by atoms with Crippen molar-refractivity contribution in [1.29, 1.82) is 0 Å². The van der Waals surface area contributed by atoms with E-state index in [9.17, 15) is 10.1 Å². The molecule has 0 aliphatic heterocycles. The van der Waals surface area contributed by atoms with Gasteiger partial charge < -0.3 is 4.74 Å². The first-order valence-corrected chi connectivity index (χ1v) is 7.04. The molecule has 2 rings (SSSR count). The molecule has 0 aromatic heterocycles. The minimum atomic E-state index is -0.278. The van der Waals surface area contributed by atoms with Gasteiger partial charge in [-0.2, -0.15) is 0 Å². The second-order valence-electron chi connectivity index (χ2n) is 4.21. The summed E-state index contributed by atoms with van der Waals surface area (Å²) in [4.78, 5) is 11.6. The van der Waals surface area contributed by atoms with Crippen molar-refractivity contribution in [2.45, 2.75) is 10.1 Å². The highest BCUT2D eigenvalue weighted by atomic mass is 32.2. The third-order valence-corrected chi connectivity index (χ3v) is 4.05. The lowest BCUT2D eigenvalue weighted by Crippen LogP contribution is -2.09. The van der Waals surface area contributed by atoms with E-state index in [0.717, 1.165) is 10.5 Å². The van der Waals surface area contributed by atoms with E-state index in [1.54, 1.807) is 7.11 Å². The van der Waals surface area contributed by atoms with Crippen LogP contribution in [0.5, 0.6) is 5.75 Å². The number of benzene rings is 2. The summed E-state index contributed by atoms with van der Waals surface area (Å²) in [7, 11) is 1.59. The number of methoxy groups -OCH3 is 1. The highest BCUT2D eigenvalue weighted by Gasteiger charge is 2.19. The summed E-state index contributed by atoms with van der Waals surface area (Å²) in [6.07, 6.45) is 0. The molecule has 0 spiro atoms. The van der Waals surface area contributed by atoms with Gasteiger partial charge in [-0.1, -0.05) is 30.3 Å². The molecule has 1 unspecified atom stereocenters. The van der Waals surface area contributed by atoms with Crippen molar-refractivity contribution >= 4 is 11.8 Å². The first kappa shape index (κ1) is 14.4. The van der Waals surface area contributed by atoms with Crippen LogP contribution in [0.4, 0.5) is 0 Å². The van der Waals surface area contributed by atoms with Crippen molar-refractivity contribution < 1.29 is 9.66 Å². The van der Waals surface area contributed by atoms with Gasteiger partial charge in [0.15, 0.2) is 0 Å². The molecule has 4 nitrogen and oxygen atoms in total. The molecule has 2 aromatic carbocycles. The maximum atomic E-state index is 10.9. The van der Waals surface area contributed by atoms with Crippen molar-refractivity contribution in [2.24, 2.45) is 0 Å². The fourth-order valence-electron chi connectivity index (χ4n) is 1.85. The SMILES string of the molecule is COc1cccc(C(C[N+](=O)[O-])Sc2ccccc2)c1. The van der Waals surface area contributed by atoms with Crippen LogP contribution in [0.2, 0.25) is 0 Å². The Morgan fingerprint density at radius 2 is 1.95 bits per heavy atom. The molecule has 0 saturated heterocycles. The molecule has 0 aliphatic rings. The summed E-state index contributed by atoms with van der Waals surface area (Å²) in [6.45, 7) is -0.118. The number of rotatable bonds is 6. The lowest BCUT2D eigenvalue weighted by Gasteiger charge is -2.14. The fourth-order valence-corrected chi connectivity index (χ4v) is 2.97. The molecule has 104 valence electrons. The predicted molar refractivity (Wildman–Crippen MR) is 79.9 cm³/mol. The molecule has 0 radical (unpaired) electrons. The van der Waals surface area contributed by atoms with E-state index in [1.165, 1.54) is 11.8 Å². The van der Waals surface area contributed by atoms with Gasteiger partial charge in [-0.25, -0.2) is 0 Å². The topological polar surface area (TPSA) is 52.4 Å². The van der Waals surface area contributed by atoms with Gasteiger partial charge in [0.1, 0.15) is 5.75 Å². The molecule has 0 saturated carbocycles. The second kappa shape index (κ2) is 6.96. The largest absolute Gasteiger partial charge is 0.497 e. The monoisotopic (exact) mass is 289 g/mol. The van der Waals surface area contributed by atoms with Crippen molar-refractivity contribution in [3.05, 3.63) is 70.3 Å². The molecular formula is C15H15NO3S. The van der Waals surface area contributed by atoms with Gasteiger partial charge in [0.05, 0.1) is 12.4 Å². The summed E-state index contributed by atoms with van der Waals surface area (Å²) in [5, 5.41) is 10.7. The van der Waals surface area contributed by atoms with Crippen LogP contribution in [0.15, 0.2) is 59.5 Å². The maximum absolute atomic E-state index is 10.9. The molecule has 0 heterocycles. The number of nitrogens with zero attached hydrogens (tertiary/aromatic N) is 1. The molecule has 20 heavy (non-hydrogen) atoms. The van der Waals surface area contributed by atoms with Crippen LogP contribution in [0.1, 0.15) is 10.8 Å². The quantitative estimate of drug-likeness (QED) is 0.461. The fraction of sp³-hybridized carbons (Fsp3) is 0.200. The second-order valence-corrected chi connectivity index (χ2v) is 5.49. The summed E-state index contributed by atoms with van der Waals surface area (Å²) >= 11 is 1.49. The smallest absolute Gasteiger partial charge is 0.220 e. The van der Waals surface area contributed by atoms with Crippen LogP contribution in [-0.4, -0.2) is 18.6 Å². The minimum Gasteiger partial charge on any atom is -0.497 e. The Kier molecular flexibility index (Phi) is 5.01. The number of hydrogen-bond acceptors (Lipinski definition) is 4. The summed E-state index contributed by atoms with van der Waals surface area (Å²) < 4.78 is 5.18. The lowest BCUT2D eigenvalue weighted by molar-refractivity contribution is -0.479. The van der Waals surface area contributed by atoms with Crippen LogP contribution < -0.4 is 4.74 Å². The van der Waals surface area contributed by atoms with E-state index in [2.05, 4.69) is 0 Å². The molecular weight excluding hydrogens is 274 g/mol. The van der Waals surface area contributed by atoms with E-state index in [-0.39, 0.29) is 16.7 Å². The Morgan fingerprint density at radius 3 is 2.60 bits per heavy atom. The van der Waals surface area contributed by atoms with Crippen molar-refractivity contribution in [2.75, 3.05) is 13.7 Å². The molecule has 0 amide bonds. The molecule has 0 N–H and O–H groups in total.